The molecule has 0 radical (unpaired) electrons. The number of para-hydroxylation sites is 2. The number of hydrogen-bond donors (Lipinski definition) is 0. The number of benzene rings is 2. The molecule has 0 unspecified atom stereocenters. The fourth-order valence-electron chi connectivity index (χ4n) is 2.78. The molecule has 0 aliphatic heterocycles. The van der Waals surface area contributed by atoms with Crippen molar-refractivity contribution in [3.63, 3.8) is 0 Å². The zero-order chi connectivity index (χ0) is 21.3. The summed E-state index contributed by atoms with van der Waals surface area (Å²) in [7, 11) is 0. The van der Waals surface area contributed by atoms with Crippen molar-refractivity contribution < 1.29 is 16.5 Å². The van der Waals surface area contributed by atoms with E-state index in [4.69, 9.17) is 9.98 Å². The average molecular weight is 455 g/mol. The van der Waals surface area contributed by atoms with Gasteiger partial charge < -0.3 is 0 Å². The minimum absolute atomic E-state index is 0. The van der Waals surface area contributed by atoms with E-state index in [1.807, 2.05) is 60.7 Å². The van der Waals surface area contributed by atoms with Gasteiger partial charge in [-0.2, -0.15) is 0 Å². The van der Waals surface area contributed by atoms with E-state index in [1.165, 1.54) is 25.7 Å². The maximum atomic E-state index is 4.79. The second-order valence-electron chi connectivity index (χ2n) is 7.11. The first-order chi connectivity index (χ1) is 14.8. The van der Waals surface area contributed by atoms with Crippen LogP contribution >= 0.6 is 0 Å². The fourth-order valence-corrected chi connectivity index (χ4v) is 2.78. The van der Waals surface area contributed by atoms with E-state index in [1.54, 1.807) is 0 Å². The monoisotopic (exact) mass is 454 g/mol. The smallest absolute Gasteiger partial charge is 0.148 e. The topological polar surface area (TPSA) is 24.7 Å². The summed E-state index contributed by atoms with van der Waals surface area (Å²) >= 11 is 0. The Hall–Kier alpha value is -2.61. The van der Waals surface area contributed by atoms with Gasteiger partial charge >= 0.3 is 0 Å². The Morgan fingerprint density at radius 2 is 1.10 bits per heavy atom. The number of aliphatic imine (C=N–C) groups is 2. The third-order valence-electron chi connectivity index (χ3n) is 4.41. The molecule has 2 aromatic carbocycles. The molecule has 0 bridgehead atoms. The van der Waals surface area contributed by atoms with Crippen molar-refractivity contribution in [1.82, 2.24) is 0 Å². The Labute approximate surface area is 198 Å². The molecule has 164 valence electrons. The van der Waals surface area contributed by atoms with Gasteiger partial charge in [-0.15, -0.1) is 0 Å². The van der Waals surface area contributed by atoms with Gasteiger partial charge in [-0.3, -0.25) is 0 Å². The van der Waals surface area contributed by atoms with Crippen LogP contribution in [0.15, 0.2) is 70.6 Å². The van der Waals surface area contributed by atoms with Crippen LogP contribution in [0.4, 0.5) is 11.4 Å². The van der Waals surface area contributed by atoms with Crippen LogP contribution in [0, 0.1) is 23.7 Å². The van der Waals surface area contributed by atoms with Crippen LogP contribution in [0.3, 0.4) is 0 Å². The van der Waals surface area contributed by atoms with Gasteiger partial charge in [-0.05, 0) is 48.9 Å². The SMILES string of the molecule is CCCC#CC(=Nc1ccccc1)C(C#CCCCCCCC)=Nc1ccccc1.[Ni]. The largest absolute Gasteiger partial charge is 0.237 e. The molecular formula is C28H32N2Ni. The van der Waals surface area contributed by atoms with E-state index in [-0.39, 0.29) is 16.5 Å². The quantitative estimate of drug-likeness (QED) is 0.160. The van der Waals surface area contributed by atoms with E-state index in [9.17, 15) is 0 Å². The van der Waals surface area contributed by atoms with Gasteiger partial charge in [0.05, 0.1) is 11.4 Å². The van der Waals surface area contributed by atoms with E-state index < -0.39 is 0 Å². The molecule has 0 amide bonds. The van der Waals surface area contributed by atoms with E-state index in [2.05, 4.69) is 37.5 Å². The second-order valence-corrected chi connectivity index (χ2v) is 7.11. The number of nitrogens with zero attached hydrogens (tertiary/aromatic N) is 2. The summed E-state index contributed by atoms with van der Waals surface area (Å²) in [6.45, 7) is 4.36. The van der Waals surface area contributed by atoms with Crippen molar-refractivity contribution in [2.75, 3.05) is 0 Å². The molecule has 2 nitrogen and oxygen atoms in total. The Morgan fingerprint density at radius 1 is 0.613 bits per heavy atom. The summed E-state index contributed by atoms with van der Waals surface area (Å²) in [5.41, 5.74) is 3.00. The Morgan fingerprint density at radius 3 is 1.58 bits per heavy atom. The fraction of sp³-hybridized carbons (Fsp3) is 0.357. The molecule has 2 aromatic rings. The van der Waals surface area contributed by atoms with Crippen LogP contribution in [0.5, 0.6) is 0 Å². The van der Waals surface area contributed by atoms with Crippen molar-refractivity contribution >= 4 is 22.8 Å². The van der Waals surface area contributed by atoms with Crippen molar-refractivity contribution in [3.8, 4) is 23.7 Å². The number of unbranched alkanes of at least 4 members (excludes halogenated alkanes) is 6. The van der Waals surface area contributed by atoms with E-state index in [0.717, 1.165) is 37.1 Å². The molecule has 0 saturated heterocycles. The molecule has 0 atom stereocenters. The van der Waals surface area contributed by atoms with Gasteiger partial charge in [0.15, 0.2) is 0 Å². The first-order valence-electron chi connectivity index (χ1n) is 11.1. The van der Waals surface area contributed by atoms with Crippen LogP contribution < -0.4 is 0 Å². The molecule has 0 aliphatic rings. The van der Waals surface area contributed by atoms with Crippen LogP contribution in [0.25, 0.3) is 0 Å². The summed E-state index contributed by atoms with van der Waals surface area (Å²) < 4.78 is 0. The van der Waals surface area contributed by atoms with Gasteiger partial charge in [0.2, 0.25) is 0 Å². The van der Waals surface area contributed by atoms with Gasteiger partial charge in [0.1, 0.15) is 11.4 Å². The summed E-state index contributed by atoms with van der Waals surface area (Å²) in [5, 5.41) is 0. The summed E-state index contributed by atoms with van der Waals surface area (Å²) in [6, 6.07) is 19.8. The molecule has 0 N–H and O–H groups in total. The maximum absolute atomic E-state index is 4.79. The Bertz CT molecular complexity index is 923. The zero-order valence-corrected chi connectivity index (χ0v) is 19.6. The molecule has 0 heterocycles. The van der Waals surface area contributed by atoms with Gasteiger partial charge in [0.25, 0.3) is 0 Å². The van der Waals surface area contributed by atoms with Crippen molar-refractivity contribution in [3.05, 3.63) is 60.7 Å². The van der Waals surface area contributed by atoms with Crippen LogP contribution in [0.1, 0.15) is 65.2 Å². The van der Waals surface area contributed by atoms with Crippen LogP contribution in [-0.2, 0) is 16.5 Å². The molecule has 0 aromatic heterocycles. The summed E-state index contributed by atoms with van der Waals surface area (Å²) in [6.07, 6.45) is 8.92. The number of rotatable bonds is 9. The predicted octanol–water partition coefficient (Wildman–Crippen LogP) is 7.70. The van der Waals surface area contributed by atoms with Crippen LogP contribution in [0.2, 0.25) is 0 Å². The van der Waals surface area contributed by atoms with E-state index in [0.29, 0.717) is 11.4 Å². The maximum Gasteiger partial charge on any atom is 0.148 e. The first-order valence-corrected chi connectivity index (χ1v) is 11.1. The molecule has 0 aliphatic carbocycles. The van der Waals surface area contributed by atoms with Crippen molar-refractivity contribution in [2.45, 2.75) is 65.2 Å². The molecule has 31 heavy (non-hydrogen) atoms. The van der Waals surface area contributed by atoms with Gasteiger partial charge in [-0.25, -0.2) is 9.98 Å². The third-order valence-corrected chi connectivity index (χ3v) is 4.41. The standard InChI is InChI=1S/C28H32N2.Ni/c1-3-5-7-8-9-10-18-24-28(30-26-21-16-12-17-22-26)27(23-13-6-4-2)29-25-19-14-11-15-20-25;/h11-12,14-17,19-22H,3-10H2,1-2H3;. The Kier molecular flexibility index (Phi) is 14.6. The summed E-state index contributed by atoms with van der Waals surface area (Å²) in [5.74, 6) is 13.0. The summed E-state index contributed by atoms with van der Waals surface area (Å²) in [4.78, 5) is 9.57. The third kappa shape index (κ3) is 11.4. The normalized spacial score (nSPS) is 10.9. The number of hydrogen-bond acceptors (Lipinski definition) is 2. The molecule has 3 heteroatoms. The zero-order valence-electron chi connectivity index (χ0n) is 18.6. The molecule has 0 spiro atoms. The van der Waals surface area contributed by atoms with Gasteiger partial charge in [0, 0.05) is 29.3 Å². The minimum atomic E-state index is 0. The Balaban J connectivity index is 0.00000480. The molecule has 2 rings (SSSR count). The van der Waals surface area contributed by atoms with Crippen molar-refractivity contribution in [2.24, 2.45) is 9.98 Å². The predicted molar refractivity (Wildman–Crippen MR) is 131 cm³/mol. The van der Waals surface area contributed by atoms with Crippen LogP contribution in [-0.4, -0.2) is 11.4 Å². The molecule has 0 fully saturated rings. The average Bonchev–Trinajstić information content (AvgIpc) is 2.78. The second kappa shape index (κ2) is 17.1. The van der Waals surface area contributed by atoms with E-state index >= 15 is 0 Å². The van der Waals surface area contributed by atoms with Crippen molar-refractivity contribution in [1.29, 1.82) is 0 Å². The minimum Gasteiger partial charge on any atom is -0.237 e. The first kappa shape index (κ1) is 26.4. The molecular weight excluding hydrogens is 423 g/mol. The van der Waals surface area contributed by atoms with Gasteiger partial charge in [-0.1, -0.05) is 87.8 Å². The molecule has 0 saturated carbocycles.